The third-order valence-electron chi connectivity index (χ3n) is 5.73. The first-order valence-corrected chi connectivity index (χ1v) is 14.0. The fraction of sp³-hybridized carbons (Fsp3) is 0.400. The number of piperazine rings is 1. The normalized spacial score (nSPS) is 15.2. The van der Waals surface area contributed by atoms with Crippen LogP contribution in [0.15, 0.2) is 63.3 Å². The Kier molecular flexibility index (Phi) is 8.33. The van der Waals surface area contributed by atoms with Crippen LogP contribution >= 0.6 is 34.9 Å². The van der Waals surface area contributed by atoms with Gasteiger partial charge < -0.3 is 9.80 Å². The van der Waals surface area contributed by atoms with Crippen LogP contribution in [0.3, 0.4) is 0 Å². The van der Waals surface area contributed by atoms with Crippen LogP contribution < -0.4 is 4.90 Å². The second-order valence-corrected chi connectivity index (χ2v) is 12.2. The summed E-state index contributed by atoms with van der Waals surface area (Å²) in [5.74, 6) is 1.60. The highest BCUT2D eigenvalue weighted by Gasteiger charge is 2.26. The number of nitrogens with zero attached hydrogens (tertiary/aromatic N) is 4. The van der Waals surface area contributed by atoms with E-state index >= 15 is 0 Å². The predicted octanol–water partition coefficient (Wildman–Crippen LogP) is 5.78. The molecule has 0 spiro atoms. The van der Waals surface area contributed by atoms with Crippen LogP contribution in [0.4, 0.5) is 5.69 Å². The molecule has 1 saturated heterocycles. The maximum Gasteiger partial charge on any atom is 0.235 e. The van der Waals surface area contributed by atoms with Crippen LogP contribution in [0, 0.1) is 0 Å². The number of hydrogen-bond donors (Lipinski definition) is 0. The van der Waals surface area contributed by atoms with Crippen molar-refractivity contribution in [2.75, 3.05) is 31.1 Å². The van der Waals surface area contributed by atoms with Crippen LogP contribution in [-0.4, -0.2) is 52.4 Å². The molecular weight excluding hydrogens is 469 g/mol. The lowest BCUT2D eigenvalue weighted by atomic mass is 10.0. The number of hydrogen-bond acceptors (Lipinski definition) is 7. The summed E-state index contributed by atoms with van der Waals surface area (Å²) in [6, 6.07) is 19.2. The van der Waals surface area contributed by atoms with Crippen LogP contribution in [0.5, 0.6) is 0 Å². The quantitative estimate of drug-likeness (QED) is 0.367. The zero-order valence-corrected chi connectivity index (χ0v) is 21.8. The summed E-state index contributed by atoms with van der Waals surface area (Å²) >= 11 is 4.79. The Morgan fingerprint density at radius 1 is 0.939 bits per heavy atom. The van der Waals surface area contributed by atoms with Crippen molar-refractivity contribution >= 4 is 46.5 Å². The SMILES string of the molecule is CC(Sc1nnc(SCc2ccc(C(C)C)cc2)s1)C(=O)N1CCN(c2ccccc2)CC1. The zero-order valence-electron chi connectivity index (χ0n) is 19.3. The summed E-state index contributed by atoms with van der Waals surface area (Å²) in [4.78, 5) is 17.3. The van der Waals surface area contributed by atoms with Gasteiger partial charge in [-0.25, -0.2) is 0 Å². The second kappa shape index (κ2) is 11.4. The van der Waals surface area contributed by atoms with Crippen molar-refractivity contribution in [3.63, 3.8) is 0 Å². The molecule has 1 aliphatic heterocycles. The van der Waals surface area contributed by atoms with E-state index in [1.165, 1.54) is 28.6 Å². The van der Waals surface area contributed by atoms with Gasteiger partial charge in [-0.1, -0.05) is 91.2 Å². The highest BCUT2D eigenvalue weighted by atomic mass is 32.2. The van der Waals surface area contributed by atoms with E-state index in [2.05, 4.69) is 77.5 Å². The first-order chi connectivity index (χ1) is 16.0. The van der Waals surface area contributed by atoms with Gasteiger partial charge in [0.25, 0.3) is 0 Å². The number of amides is 1. The molecule has 0 N–H and O–H groups in total. The predicted molar refractivity (Wildman–Crippen MR) is 141 cm³/mol. The van der Waals surface area contributed by atoms with E-state index in [9.17, 15) is 4.79 Å². The highest BCUT2D eigenvalue weighted by molar-refractivity contribution is 8.03. The topological polar surface area (TPSA) is 49.3 Å². The van der Waals surface area contributed by atoms with E-state index in [1.807, 2.05) is 17.9 Å². The Balaban J connectivity index is 1.24. The van der Waals surface area contributed by atoms with Gasteiger partial charge >= 0.3 is 0 Å². The largest absolute Gasteiger partial charge is 0.368 e. The Labute approximate surface area is 209 Å². The van der Waals surface area contributed by atoms with Crippen LogP contribution in [0.25, 0.3) is 0 Å². The molecule has 3 aromatic rings. The van der Waals surface area contributed by atoms with Crippen LogP contribution in [0.1, 0.15) is 37.8 Å². The van der Waals surface area contributed by atoms with Crippen LogP contribution in [0.2, 0.25) is 0 Å². The summed E-state index contributed by atoms with van der Waals surface area (Å²) in [5, 5.41) is 8.48. The van der Waals surface area contributed by atoms with E-state index in [1.54, 1.807) is 23.1 Å². The molecule has 4 rings (SSSR count). The summed E-state index contributed by atoms with van der Waals surface area (Å²) < 4.78 is 1.80. The number of carbonyl (C=O) groups is 1. The molecule has 174 valence electrons. The van der Waals surface area contributed by atoms with E-state index in [0.29, 0.717) is 5.92 Å². The monoisotopic (exact) mass is 498 g/mol. The molecule has 2 heterocycles. The molecule has 33 heavy (non-hydrogen) atoms. The van der Waals surface area contributed by atoms with Crippen molar-refractivity contribution in [2.24, 2.45) is 0 Å². The molecule has 1 unspecified atom stereocenters. The first kappa shape index (κ1) is 24.1. The fourth-order valence-corrected chi connectivity index (χ4v) is 6.93. The van der Waals surface area contributed by atoms with E-state index < -0.39 is 0 Å². The smallest absolute Gasteiger partial charge is 0.235 e. The Morgan fingerprint density at radius 3 is 2.27 bits per heavy atom. The van der Waals surface area contributed by atoms with E-state index in [0.717, 1.165) is 40.6 Å². The lowest BCUT2D eigenvalue weighted by Crippen LogP contribution is -2.50. The van der Waals surface area contributed by atoms with Crippen molar-refractivity contribution < 1.29 is 4.79 Å². The minimum absolute atomic E-state index is 0.164. The van der Waals surface area contributed by atoms with E-state index in [4.69, 9.17) is 0 Å². The number of rotatable bonds is 8. The Bertz CT molecular complexity index is 1030. The zero-order chi connectivity index (χ0) is 23.2. The minimum atomic E-state index is -0.164. The van der Waals surface area contributed by atoms with Gasteiger partial charge in [-0.15, -0.1) is 10.2 Å². The highest BCUT2D eigenvalue weighted by Crippen LogP contribution is 2.33. The number of para-hydroxylation sites is 1. The molecule has 1 aliphatic rings. The number of anilines is 1. The first-order valence-electron chi connectivity index (χ1n) is 11.3. The number of aromatic nitrogens is 2. The molecule has 1 amide bonds. The Morgan fingerprint density at radius 2 is 1.61 bits per heavy atom. The molecule has 2 aromatic carbocycles. The number of thioether (sulfide) groups is 2. The van der Waals surface area contributed by atoms with Gasteiger partial charge in [-0.2, -0.15) is 0 Å². The molecular formula is C25H30N4OS3. The van der Waals surface area contributed by atoms with Gasteiger partial charge in [-0.05, 0) is 36.1 Å². The summed E-state index contributed by atoms with van der Waals surface area (Å²) in [6.07, 6.45) is 0. The molecule has 1 atom stereocenters. The van der Waals surface area contributed by atoms with Gasteiger partial charge in [-0.3, -0.25) is 4.79 Å². The van der Waals surface area contributed by atoms with E-state index in [-0.39, 0.29) is 11.2 Å². The molecule has 0 bridgehead atoms. The Hall–Kier alpha value is -2.03. The van der Waals surface area contributed by atoms with Gasteiger partial charge in [0.1, 0.15) is 0 Å². The van der Waals surface area contributed by atoms with Gasteiger partial charge in [0, 0.05) is 37.6 Å². The van der Waals surface area contributed by atoms with Crippen molar-refractivity contribution in [1.82, 2.24) is 15.1 Å². The summed E-state index contributed by atoms with van der Waals surface area (Å²) in [6.45, 7) is 9.63. The molecule has 8 heteroatoms. The standard InChI is InChI=1S/C25H30N4OS3/c1-18(2)21-11-9-20(10-12-21)17-31-24-26-27-25(33-24)32-19(3)23(30)29-15-13-28(14-16-29)22-7-5-4-6-8-22/h4-12,18-19H,13-17H2,1-3H3. The summed E-state index contributed by atoms with van der Waals surface area (Å²) in [7, 11) is 0. The average molecular weight is 499 g/mol. The lowest BCUT2D eigenvalue weighted by molar-refractivity contribution is -0.130. The lowest BCUT2D eigenvalue weighted by Gasteiger charge is -2.37. The molecule has 0 radical (unpaired) electrons. The number of carbonyl (C=O) groups excluding carboxylic acids is 1. The fourth-order valence-electron chi connectivity index (χ4n) is 3.73. The average Bonchev–Trinajstić information content (AvgIpc) is 3.30. The molecule has 0 aliphatic carbocycles. The van der Waals surface area contributed by atoms with Crippen molar-refractivity contribution in [1.29, 1.82) is 0 Å². The van der Waals surface area contributed by atoms with Crippen molar-refractivity contribution in [3.05, 3.63) is 65.7 Å². The molecule has 0 saturated carbocycles. The summed E-state index contributed by atoms with van der Waals surface area (Å²) in [5.41, 5.74) is 3.87. The third kappa shape index (κ3) is 6.52. The number of benzene rings is 2. The second-order valence-electron chi connectivity index (χ2n) is 8.43. The van der Waals surface area contributed by atoms with Gasteiger partial charge in [0.15, 0.2) is 8.68 Å². The van der Waals surface area contributed by atoms with Crippen molar-refractivity contribution in [2.45, 2.75) is 46.4 Å². The molecule has 5 nitrogen and oxygen atoms in total. The minimum Gasteiger partial charge on any atom is -0.368 e. The maximum absolute atomic E-state index is 13.0. The van der Waals surface area contributed by atoms with Crippen molar-refractivity contribution in [3.8, 4) is 0 Å². The maximum atomic E-state index is 13.0. The van der Waals surface area contributed by atoms with Gasteiger partial charge in [0.2, 0.25) is 5.91 Å². The molecule has 1 aromatic heterocycles. The van der Waals surface area contributed by atoms with Gasteiger partial charge in [0.05, 0.1) is 5.25 Å². The van der Waals surface area contributed by atoms with Crippen LogP contribution in [-0.2, 0) is 10.5 Å². The molecule has 1 fully saturated rings. The third-order valence-corrected chi connectivity index (χ3v) is 9.03.